The van der Waals surface area contributed by atoms with Crippen molar-refractivity contribution in [1.29, 1.82) is 0 Å². The van der Waals surface area contributed by atoms with Gasteiger partial charge in [0.25, 0.3) is 0 Å². The standard InChI is InChI=1S/C8H12FN3/c9-3-4-12-6-11-5-7(12)8(10)1-2-8/h5-6H,1-4,10H2. The lowest BCUT2D eigenvalue weighted by molar-refractivity contribution is 0.433. The van der Waals surface area contributed by atoms with Gasteiger partial charge in [0.15, 0.2) is 0 Å². The largest absolute Gasteiger partial charge is 0.330 e. The lowest BCUT2D eigenvalue weighted by Gasteiger charge is -2.10. The Morgan fingerprint density at radius 3 is 3.00 bits per heavy atom. The zero-order valence-corrected chi connectivity index (χ0v) is 6.83. The molecule has 2 rings (SSSR count). The Bertz CT molecular complexity index is 278. The summed E-state index contributed by atoms with van der Waals surface area (Å²) in [6, 6.07) is 0. The summed E-state index contributed by atoms with van der Waals surface area (Å²) in [5, 5.41) is 0. The van der Waals surface area contributed by atoms with Gasteiger partial charge in [0.05, 0.1) is 30.3 Å². The Morgan fingerprint density at radius 2 is 2.42 bits per heavy atom. The summed E-state index contributed by atoms with van der Waals surface area (Å²) in [5.41, 5.74) is 6.73. The van der Waals surface area contributed by atoms with E-state index in [-0.39, 0.29) is 12.2 Å². The quantitative estimate of drug-likeness (QED) is 0.727. The number of hydrogen-bond donors (Lipinski definition) is 1. The van der Waals surface area contributed by atoms with Gasteiger partial charge in [0.1, 0.15) is 6.67 Å². The molecule has 0 aromatic carbocycles. The number of halogens is 1. The van der Waals surface area contributed by atoms with E-state index in [2.05, 4.69) is 4.98 Å². The van der Waals surface area contributed by atoms with Crippen LogP contribution in [0.1, 0.15) is 18.5 Å². The summed E-state index contributed by atoms with van der Waals surface area (Å²) < 4.78 is 13.9. The minimum Gasteiger partial charge on any atom is -0.330 e. The van der Waals surface area contributed by atoms with Crippen LogP contribution in [-0.4, -0.2) is 16.2 Å². The number of aromatic nitrogens is 2. The van der Waals surface area contributed by atoms with E-state index in [1.165, 1.54) is 0 Å². The van der Waals surface area contributed by atoms with Crippen LogP contribution in [0.4, 0.5) is 4.39 Å². The van der Waals surface area contributed by atoms with Crippen molar-refractivity contribution in [2.45, 2.75) is 24.9 Å². The maximum Gasteiger partial charge on any atom is 0.107 e. The van der Waals surface area contributed by atoms with Crippen LogP contribution in [0.25, 0.3) is 0 Å². The Balaban J connectivity index is 2.24. The molecule has 0 aliphatic heterocycles. The maximum atomic E-state index is 12.1. The van der Waals surface area contributed by atoms with E-state index in [0.717, 1.165) is 18.5 Å². The molecular formula is C8H12FN3. The number of aryl methyl sites for hydroxylation is 1. The van der Waals surface area contributed by atoms with Crippen LogP contribution in [0, 0.1) is 0 Å². The maximum absolute atomic E-state index is 12.1. The second-order valence-corrected chi connectivity index (χ2v) is 3.32. The van der Waals surface area contributed by atoms with Gasteiger partial charge in [0.2, 0.25) is 0 Å². The van der Waals surface area contributed by atoms with Crippen molar-refractivity contribution in [3.05, 3.63) is 18.2 Å². The third-order valence-electron chi connectivity index (χ3n) is 2.34. The Hall–Kier alpha value is -0.900. The fourth-order valence-electron chi connectivity index (χ4n) is 1.40. The highest BCUT2D eigenvalue weighted by Gasteiger charge is 2.42. The highest BCUT2D eigenvalue weighted by Crippen LogP contribution is 2.42. The lowest BCUT2D eigenvalue weighted by Crippen LogP contribution is -2.23. The van der Waals surface area contributed by atoms with Gasteiger partial charge < -0.3 is 10.3 Å². The molecule has 0 saturated heterocycles. The van der Waals surface area contributed by atoms with E-state index in [1.807, 2.05) is 0 Å². The van der Waals surface area contributed by atoms with E-state index in [0.29, 0.717) is 6.54 Å². The average Bonchev–Trinajstić information content (AvgIpc) is 2.64. The summed E-state index contributed by atoms with van der Waals surface area (Å²) in [6.45, 7) is 0.00766. The number of rotatable bonds is 3. The predicted octanol–water partition coefficient (Wildman–Crippen LogP) is 0.800. The first-order valence-corrected chi connectivity index (χ1v) is 4.12. The molecule has 0 radical (unpaired) electrons. The third kappa shape index (κ3) is 1.12. The third-order valence-corrected chi connectivity index (χ3v) is 2.34. The molecule has 1 aliphatic carbocycles. The van der Waals surface area contributed by atoms with Crippen LogP contribution in [-0.2, 0) is 12.1 Å². The van der Waals surface area contributed by atoms with E-state index in [9.17, 15) is 4.39 Å². The number of nitrogens with two attached hydrogens (primary N) is 1. The highest BCUT2D eigenvalue weighted by atomic mass is 19.1. The van der Waals surface area contributed by atoms with Gasteiger partial charge in [0, 0.05) is 0 Å². The summed E-state index contributed by atoms with van der Waals surface area (Å²) >= 11 is 0. The van der Waals surface area contributed by atoms with E-state index < -0.39 is 0 Å². The first-order valence-electron chi connectivity index (χ1n) is 4.12. The molecule has 1 saturated carbocycles. The van der Waals surface area contributed by atoms with Gasteiger partial charge >= 0.3 is 0 Å². The van der Waals surface area contributed by atoms with Crippen molar-refractivity contribution in [1.82, 2.24) is 9.55 Å². The minimum atomic E-state index is -0.362. The normalized spacial score (nSPS) is 19.5. The zero-order valence-electron chi connectivity index (χ0n) is 6.83. The summed E-state index contributed by atoms with van der Waals surface area (Å²) in [6.07, 6.45) is 5.36. The smallest absolute Gasteiger partial charge is 0.107 e. The van der Waals surface area contributed by atoms with Crippen molar-refractivity contribution in [3.63, 3.8) is 0 Å². The fourth-order valence-corrected chi connectivity index (χ4v) is 1.40. The molecule has 1 aromatic heterocycles. The molecule has 1 fully saturated rings. The van der Waals surface area contributed by atoms with Gasteiger partial charge in [-0.2, -0.15) is 0 Å². The van der Waals surface area contributed by atoms with Crippen LogP contribution >= 0.6 is 0 Å². The molecule has 0 spiro atoms. The first-order chi connectivity index (χ1) is 5.76. The van der Waals surface area contributed by atoms with Crippen molar-refractivity contribution in [3.8, 4) is 0 Å². The molecule has 66 valence electrons. The molecule has 1 aliphatic rings. The topological polar surface area (TPSA) is 43.8 Å². The van der Waals surface area contributed by atoms with E-state index in [4.69, 9.17) is 5.73 Å². The zero-order chi connectivity index (χ0) is 8.60. The molecule has 0 atom stereocenters. The van der Waals surface area contributed by atoms with Crippen molar-refractivity contribution in [2.24, 2.45) is 5.73 Å². The van der Waals surface area contributed by atoms with Gasteiger partial charge in [-0.1, -0.05) is 0 Å². The molecule has 1 heterocycles. The number of hydrogen-bond acceptors (Lipinski definition) is 2. The first kappa shape index (κ1) is 7.73. The Morgan fingerprint density at radius 1 is 1.67 bits per heavy atom. The molecule has 0 bridgehead atoms. The van der Waals surface area contributed by atoms with Gasteiger partial charge in [-0.15, -0.1) is 0 Å². The molecule has 2 N–H and O–H groups in total. The SMILES string of the molecule is NC1(c2cncn2CCF)CC1. The molecular weight excluding hydrogens is 157 g/mol. The minimum absolute atomic E-state index is 0.203. The van der Waals surface area contributed by atoms with Crippen LogP contribution in [0.2, 0.25) is 0 Å². The second kappa shape index (κ2) is 2.55. The highest BCUT2D eigenvalue weighted by molar-refractivity contribution is 5.20. The number of alkyl halides is 1. The van der Waals surface area contributed by atoms with Crippen molar-refractivity contribution in [2.75, 3.05) is 6.67 Å². The van der Waals surface area contributed by atoms with Crippen LogP contribution in [0.5, 0.6) is 0 Å². The van der Waals surface area contributed by atoms with Crippen LogP contribution < -0.4 is 5.73 Å². The monoisotopic (exact) mass is 169 g/mol. The van der Waals surface area contributed by atoms with E-state index in [1.54, 1.807) is 17.1 Å². The molecule has 0 amide bonds. The van der Waals surface area contributed by atoms with Crippen LogP contribution in [0.3, 0.4) is 0 Å². The summed E-state index contributed by atoms with van der Waals surface area (Å²) in [4.78, 5) is 3.96. The Labute approximate surface area is 70.4 Å². The van der Waals surface area contributed by atoms with Gasteiger partial charge in [-0.3, -0.25) is 0 Å². The molecule has 4 heteroatoms. The fraction of sp³-hybridized carbons (Fsp3) is 0.625. The Kier molecular flexibility index (Phi) is 1.65. The second-order valence-electron chi connectivity index (χ2n) is 3.32. The number of imidazole rings is 1. The molecule has 12 heavy (non-hydrogen) atoms. The van der Waals surface area contributed by atoms with E-state index >= 15 is 0 Å². The van der Waals surface area contributed by atoms with Crippen molar-refractivity contribution < 1.29 is 4.39 Å². The number of nitrogens with zero attached hydrogens (tertiary/aromatic N) is 2. The summed E-state index contributed by atoms with van der Waals surface area (Å²) in [7, 11) is 0. The predicted molar refractivity (Wildman–Crippen MR) is 43.3 cm³/mol. The molecule has 1 aromatic rings. The van der Waals surface area contributed by atoms with Crippen molar-refractivity contribution >= 4 is 0 Å². The van der Waals surface area contributed by atoms with Crippen LogP contribution in [0.15, 0.2) is 12.5 Å². The molecule has 3 nitrogen and oxygen atoms in total. The summed E-state index contributed by atoms with van der Waals surface area (Å²) in [5.74, 6) is 0. The van der Waals surface area contributed by atoms with Gasteiger partial charge in [-0.05, 0) is 12.8 Å². The molecule has 0 unspecified atom stereocenters. The van der Waals surface area contributed by atoms with Gasteiger partial charge in [-0.25, -0.2) is 9.37 Å². The lowest BCUT2D eigenvalue weighted by atomic mass is 10.2. The average molecular weight is 169 g/mol.